The molecule has 0 aromatic heterocycles. The number of benzene rings is 1. The first-order valence-electron chi connectivity index (χ1n) is 6.77. The second-order valence-electron chi connectivity index (χ2n) is 5.80. The van der Waals surface area contributed by atoms with Crippen molar-refractivity contribution < 1.29 is 18.6 Å². The molecule has 1 aromatic rings. The molecule has 0 bridgehead atoms. The third-order valence-corrected chi connectivity index (χ3v) is 4.73. The zero-order valence-electron chi connectivity index (χ0n) is 11.7. The minimum Gasteiger partial charge on any atom is -0.389 e. The van der Waals surface area contributed by atoms with Gasteiger partial charge >= 0.3 is 0 Å². The highest BCUT2D eigenvalue weighted by molar-refractivity contribution is 9.10. The molecular weight excluding hydrogens is 330 g/mol. The van der Waals surface area contributed by atoms with Crippen LogP contribution >= 0.6 is 15.9 Å². The van der Waals surface area contributed by atoms with Crippen LogP contribution in [0.1, 0.15) is 38.7 Å². The Kier molecular flexibility index (Phi) is 4.52. The highest BCUT2D eigenvalue weighted by Gasteiger charge is 2.42. The summed E-state index contributed by atoms with van der Waals surface area (Å²) in [5.74, 6) is -1.26. The van der Waals surface area contributed by atoms with Crippen molar-refractivity contribution in [2.24, 2.45) is 0 Å². The Morgan fingerprint density at radius 3 is 2.75 bits per heavy atom. The van der Waals surface area contributed by atoms with E-state index in [1.54, 1.807) is 0 Å². The lowest BCUT2D eigenvalue weighted by Gasteiger charge is -2.43. The average molecular weight is 349 g/mol. The fraction of sp³-hybridized carbons (Fsp3) is 0.600. The molecule has 2 atom stereocenters. The molecule has 1 aliphatic heterocycles. The Morgan fingerprint density at radius 2 is 2.10 bits per heavy atom. The van der Waals surface area contributed by atoms with Crippen LogP contribution in [0.2, 0.25) is 0 Å². The molecule has 1 fully saturated rings. The predicted octanol–water partition coefficient (Wildman–Crippen LogP) is 3.98. The summed E-state index contributed by atoms with van der Waals surface area (Å²) >= 11 is 3.05. The first-order valence-corrected chi connectivity index (χ1v) is 7.57. The molecule has 1 saturated heterocycles. The van der Waals surface area contributed by atoms with E-state index in [9.17, 15) is 13.9 Å². The summed E-state index contributed by atoms with van der Waals surface area (Å²) in [6.07, 6.45) is 1.47. The van der Waals surface area contributed by atoms with Crippen LogP contribution in [-0.2, 0) is 11.2 Å². The maximum absolute atomic E-state index is 14.0. The second-order valence-corrected chi connectivity index (χ2v) is 6.66. The molecule has 2 unspecified atom stereocenters. The fourth-order valence-corrected chi connectivity index (χ4v) is 3.13. The lowest BCUT2D eigenvalue weighted by molar-refractivity contribution is -0.153. The molecule has 0 aliphatic carbocycles. The molecule has 0 amide bonds. The van der Waals surface area contributed by atoms with Crippen molar-refractivity contribution in [2.75, 3.05) is 6.61 Å². The van der Waals surface area contributed by atoms with E-state index in [4.69, 9.17) is 4.74 Å². The Hall–Kier alpha value is -0.520. The number of rotatable bonds is 3. The molecule has 0 spiro atoms. The van der Waals surface area contributed by atoms with E-state index in [2.05, 4.69) is 15.9 Å². The predicted molar refractivity (Wildman–Crippen MR) is 76.6 cm³/mol. The first-order chi connectivity index (χ1) is 9.29. The summed E-state index contributed by atoms with van der Waals surface area (Å²) in [6.45, 7) is 4.30. The van der Waals surface area contributed by atoms with E-state index in [-0.39, 0.29) is 16.5 Å². The third kappa shape index (κ3) is 3.21. The van der Waals surface area contributed by atoms with Gasteiger partial charge in [0.05, 0.1) is 22.3 Å². The largest absolute Gasteiger partial charge is 0.389 e. The molecule has 1 aliphatic rings. The Bertz CT molecular complexity index is 509. The monoisotopic (exact) mass is 348 g/mol. The summed E-state index contributed by atoms with van der Waals surface area (Å²) < 4.78 is 33.7. The quantitative estimate of drug-likeness (QED) is 0.837. The third-order valence-electron chi connectivity index (χ3n) is 4.11. The van der Waals surface area contributed by atoms with E-state index in [0.29, 0.717) is 19.4 Å². The van der Waals surface area contributed by atoms with Crippen molar-refractivity contribution in [3.05, 3.63) is 33.8 Å². The summed E-state index contributed by atoms with van der Waals surface area (Å²) in [5, 5.41) is 10.7. The minimum absolute atomic E-state index is 0.0386. The van der Waals surface area contributed by atoms with Crippen LogP contribution in [0.25, 0.3) is 0 Å². The SMILES string of the molecule is CCC1(C)CC(O)(Cc2c(F)ccc(Br)c2F)CCO1. The van der Waals surface area contributed by atoms with Gasteiger partial charge in [-0.15, -0.1) is 0 Å². The Morgan fingerprint density at radius 1 is 1.40 bits per heavy atom. The molecule has 1 heterocycles. The molecule has 112 valence electrons. The summed E-state index contributed by atoms with van der Waals surface area (Å²) in [7, 11) is 0. The highest BCUT2D eigenvalue weighted by atomic mass is 79.9. The van der Waals surface area contributed by atoms with Gasteiger partial charge in [0, 0.05) is 18.4 Å². The van der Waals surface area contributed by atoms with Gasteiger partial charge in [-0.1, -0.05) is 6.92 Å². The van der Waals surface area contributed by atoms with Gasteiger partial charge in [0.25, 0.3) is 0 Å². The van der Waals surface area contributed by atoms with E-state index in [1.807, 2.05) is 13.8 Å². The highest BCUT2D eigenvalue weighted by Crippen LogP contribution is 2.37. The fourth-order valence-electron chi connectivity index (χ4n) is 2.76. The molecule has 5 heteroatoms. The van der Waals surface area contributed by atoms with Crippen LogP contribution in [-0.4, -0.2) is 22.9 Å². The van der Waals surface area contributed by atoms with Crippen molar-refractivity contribution in [2.45, 2.75) is 50.7 Å². The van der Waals surface area contributed by atoms with Gasteiger partial charge < -0.3 is 9.84 Å². The van der Waals surface area contributed by atoms with Crippen LogP contribution in [0.15, 0.2) is 16.6 Å². The Balaban J connectivity index is 2.27. The lowest BCUT2D eigenvalue weighted by Crippen LogP contribution is -2.48. The number of hydrogen-bond acceptors (Lipinski definition) is 2. The molecule has 1 N–H and O–H groups in total. The van der Waals surface area contributed by atoms with Gasteiger partial charge in [-0.3, -0.25) is 0 Å². The van der Waals surface area contributed by atoms with Crippen LogP contribution in [0.5, 0.6) is 0 Å². The van der Waals surface area contributed by atoms with Crippen molar-refractivity contribution in [3.63, 3.8) is 0 Å². The van der Waals surface area contributed by atoms with Crippen molar-refractivity contribution in [1.29, 1.82) is 0 Å². The number of halogens is 3. The van der Waals surface area contributed by atoms with E-state index >= 15 is 0 Å². The van der Waals surface area contributed by atoms with Crippen LogP contribution in [0, 0.1) is 11.6 Å². The molecular formula is C15H19BrF2O2. The zero-order chi connectivity index (χ0) is 15.0. The topological polar surface area (TPSA) is 29.5 Å². The minimum atomic E-state index is -1.13. The average Bonchev–Trinajstić information content (AvgIpc) is 2.39. The summed E-state index contributed by atoms with van der Waals surface area (Å²) in [5.41, 5.74) is -1.64. The van der Waals surface area contributed by atoms with Crippen LogP contribution < -0.4 is 0 Å². The van der Waals surface area contributed by atoms with Crippen molar-refractivity contribution in [3.8, 4) is 0 Å². The molecule has 2 rings (SSSR count). The van der Waals surface area contributed by atoms with E-state index in [1.165, 1.54) is 12.1 Å². The van der Waals surface area contributed by atoms with Gasteiger partial charge in [0.2, 0.25) is 0 Å². The Labute approximate surface area is 126 Å². The van der Waals surface area contributed by atoms with Gasteiger partial charge in [0.1, 0.15) is 11.6 Å². The van der Waals surface area contributed by atoms with Crippen LogP contribution in [0.3, 0.4) is 0 Å². The normalized spacial score (nSPS) is 30.5. The van der Waals surface area contributed by atoms with Gasteiger partial charge in [0.15, 0.2) is 0 Å². The number of ether oxygens (including phenoxy) is 1. The zero-order valence-corrected chi connectivity index (χ0v) is 13.3. The first kappa shape index (κ1) is 15.9. The van der Waals surface area contributed by atoms with E-state index in [0.717, 1.165) is 6.42 Å². The van der Waals surface area contributed by atoms with Gasteiger partial charge in [-0.2, -0.15) is 0 Å². The molecule has 0 saturated carbocycles. The van der Waals surface area contributed by atoms with Gasteiger partial charge in [-0.05, 0) is 47.8 Å². The molecule has 0 radical (unpaired) electrons. The smallest absolute Gasteiger partial charge is 0.143 e. The maximum atomic E-state index is 14.0. The standard InChI is InChI=1S/C15H19BrF2O2/c1-3-14(2)9-15(19,6-7-20-14)8-10-12(17)5-4-11(16)13(10)18/h4-5,19H,3,6-9H2,1-2H3. The molecule has 1 aromatic carbocycles. The van der Waals surface area contributed by atoms with Crippen molar-refractivity contribution >= 4 is 15.9 Å². The number of aliphatic hydroxyl groups is 1. The summed E-state index contributed by atoms with van der Waals surface area (Å²) in [6, 6.07) is 2.54. The maximum Gasteiger partial charge on any atom is 0.143 e. The second kappa shape index (κ2) is 5.70. The van der Waals surface area contributed by atoms with E-state index < -0.39 is 22.8 Å². The van der Waals surface area contributed by atoms with Gasteiger partial charge in [-0.25, -0.2) is 8.78 Å². The van der Waals surface area contributed by atoms with Crippen molar-refractivity contribution in [1.82, 2.24) is 0 Å². The molecule has 2 nitrogen and oxygen atoms in total. The summed E-state index contributed by atoms with van der Waals surface area (Å²) in [4.78, 5) is 0. The number of hydrogen-bond donors (Lipinski definition) is 1. The van der Waals surface area contributed by atoms with Crippen LogP contribution in [0.4, 0.5) is 8.78 Å². The molecule has 20 heavy (non-hydrogen) atoms. The lowest BCUT2D eigenvalue weighted by atomic mass is 9.78.